The van der Waals surface area contributed by atoms with Crippen LogP contribution in [0.4, 0.5) is 4.39 Å². The van der Waals surface area contributed by atoms with Gasteiger partial charge >= 0.3 is 0 Å². The molecule has 0 saturated carbocycles. The summed E-state index contributed by atoms with van der Waals surface area (Å²) in [7, 11) is 0. The lowest BCUT2D eigenvalue weighted by molar-refractivity contribution is -0.116. The Morgan fingerprint density at radius 3 is 2.40 bits per heavy atom. The Hall–Kier alpha value is -1.71. The summed E-state index contributed by atoms with van der Waals surface area (Å²) in [4.78, 5) is 21.9. The van der Waals surface area contributed by atoms with Crippen molar-refractivity contribution in [3.63, 3.8) is 0 Å². The van der Waals surface area contributed by atoms with Crippen LogP contribution in [-0.2, 0) is 11.2 Å². The first kappa shape index (κ1) is 11.4. The Balaban J connectivity index is 3.28. The lowest BCUT2D eigenvalue weighted by Gasteiger charge is -2.06. The lowest BCUT2D eigenvalue weighted by atomic mass is 10.0. The summed E-state index contributed by atoms with van der Waals surface area (Å²) >= 11 is 0. The molecule has 0 saturated heterocycles. The molecule has 80 valence electrons. The van der Waals surface area contributed by atoms with Gasteiger partial charge in [-0.25, -0.2) is 4.39 Å². The molecule has 0 atom stereocenters. The van der Waals surface area contributed by atoms with E-state index in [0.29, 0.717) is 0 Å². The molecule has 0 aliphatic carbocycles. The van der Waals surface area contributed by atoms with Crippen LogP contribution in [0, 0.1) is 5.82 Å². The molecule has 0 aliphatic heterocycles. The van der Waals surface area contributed by atoms with Gasteiger partial charge in [0.2, 0.25) is 0 Å². The first-order valence-electron chi connectivity index (χ1n) is 4.43. The first-order valence-corrected chi connectivity index (χ1v) is 4.43. The highest BCUT2D eigenvalue weighted by Crippen LogP contribution is 2.25. The summed E-state index contributed by atoms with van der Waals surface area (Å²) in [5.74, 6) is -1.57. The lowest BCUT2D eigenvalue weighted by Crippen LogP contribution is -2.02. The van der Waals surface area contributed by atoms with Gasteiger partial charge in [-0.15, -0.1) is 0 Å². The van der Waals surface area contributed by atoms with E-state index in [-0.39, 0.29) is 29.1 Å². The van der Waals surface area contributed by atoms with Crippen molar-refractivity contribution in [3.8, 4) is 5.75 Å². The van der Waals surface area contributed by atoms with Crippen molar-refractivity contribution in [3.05, 3.63) is 29.1 Å². The zero-order chi connectivity index (χ0) is 11.6. The average Bonchev–Trinajstić information content (AvgIpc) is 2.09. The van der Waals surface area contributed by atoms with Crippen molar-refractivity contribution in [2.75, 3.05) is 0 Å². The summed E-state index contributed by atoms with van der Waals surface area (Å²) in [6.45, 7) is 2.56. The molecule has 0 bridgehead atoms. The van der Waals surface area contributed by atoms with E-state index in [2.05, 4.69) is 0 Å². The van der Waals surface area contributed by atoms with Crippen LogP contribution in [0.2, 0.25) is 0 Å². The fraction of sp³-hybridized carbons (Fsp3) is 0.273. The average molecular weight is 210 g/mol. The highest BCUT2D eigenvalue weighted by molar-refractivity contribution is 5.97. The molecule has 0 aliphatic rings. The zero-order valence-corrected chi connectivity index (χ0v) is 8.50. The number of rotatable bonds is 3. The second-order valence-corrected chi connectivity index (χ2v) is 3.40. The topological polar surface area (TPSA) is 54.4 Å². The molecule has 4 heteroatoms. The Morgan fingerprint density at radius 1 is 1.33 bits per heavy atom. The fourth-order valence-corrected chi connectivity index (χ4v) is 1.33. The quantitative estimate of drug-likeness (QED) is 0.775. The predicted octanol–water partition coefficient (Wildman–Crippen LogP) is 1.87. The molecule has 1 aromatic rings. The van der Waals surface area contributed by atoms with E-state index in [0.717, 1.165) is 12.1 Å². The van der Waals surface area contributed by atoms with Crippen LogP contribution >= 0.6 is 0 Å². The van der Waals surface area contributed by atoms with Crippen LogP contribution in [0.15, 0.2) is 12.1 Å². The fourth-order valence-electron chi connectivity index (χ4n) is 1.33. The third kappa shape index (κ3) is 2.62. The maximum Gasteiger partial charge on any atom is 0.163 e. The minimum absolute atomic E-state index is 0.0795. The van der Waals surface area contributed by atoms with E-state index >= 15 is 0 Å². The number of phenolic OH excluding ortho intramolecular Hbond substituents is 1. The summed E-state index contributed by atoms with van der Waals surface area (Å²) in [6.07, 6.45) is -0.0795. The molecular formula is C11H11FO3. The smallest absolute Gasteiger partial charge is 0.163 e. The van der Waals surface area contributed by atoms with E-state index < -0.39 is 11.6 Å². The third-order valence-electron chi connectivity index (χ3n) is 1.97. The molecule has 0 amide bonds. The van der Waals surface area contributed by atoms with Gasteiger partial charge in [0.1, 0.15) is 17.3 Å². The second-order valence-electron chi connectivity index (χ2n) is 3.40. The van der Waals surface area contributed by atoms with E-state index in [1.165, 1.54) is 13.8 Å². The summed E-state index contributed by atoms with van der Waals surface area (Å²) in [5, 5.41) is 9.59. The maximum atomic E-state index is 13.0. The summed E-state index contributed by atoms with van der Waals surface area (Å²) in [6, 6.07) is 2.02. The van der Waals surface area contributed by atoms with E-state index in [1.54, 1.807) is 0 Å². The van der Waals surface area contributed by atoms with E-state index in [1.807, 2.05) is 0 Å². The number of Topliss-reactive ketones (excluding diaryl/α,β-unsaturated/α-hetero) is 2. The van der Waals surface area contributed by atoms with Crippen molar-refractivity contribution in [2.45, 2.75) is 20.3 Å². The van der Waals surface area contributed by atoms with Gasteiger partial charge in [-0.2, -0.15) is 0 Å². The summed E-state index contributed by atoms with van der Waals surface area (Å²) in [5.41, 5.74) is 0.0546. The van der Waals surface area contributed by atoms with E-state index in [4.69, 9.17) is 0 Å². The van der Waals surface area contributed by atoms with Crippen LogP contribution in [0.1, 0.15) is 29.8 Å². The van der Waals surface area contributed by atoms with Crippen LogP contribution in [-0.4, -0.2) is 16.7 Å². The first-order chi connectivity index (χ1) is 6.91. The van der Waals surface area contributed by atoms with Crippen molar-refractivity contribution in [1.82, 2.24) is 0 Å². The normalized spacial score (nSPS) is 10.1. The molecule has 1 rings (SSSR count). The number of carbonyl (C=O) groups is 2. The molecule has 0 aromatic heterocycles. The Morgan fingerprint density at radius 2 is 1.93 bits per heavy atom. The predicted molar refractivity (Wildman–Crippen MR) is 52.5 cm³/mol. The Labute approximate surface area is 86.5 Å². The van der Waals surface area contributed by atoms with Gasteiger partial charge in [0.05, 0.1) is 5.56 Å². The van der Waals surface area contributed by atoms with Crippen molar-refractivity contribution < 1.29 is 19.1 Å². The van der Waals surface area contributed by atoms with E-state index in [9.17, 15) is 19.1 Å². The molecule has 0 fully saturated rings. The SMILES string of the molecule is CC(=O)Cc1cc(F)cc(C(C)=O)c1O. The van der Waals surface area contributed by atoms with Gasteiger partial charge < -0.3 is 5.11 Å². The minimum Gasteiger partial charge on any atom is -0.507 e. The molecule has 0 radical (unpaired) electrons. The highest BCUT2D eigenvalue weighted by Gasteiger charge is 2.14. The monoisotopic (exact) mass is 210 g/mol. The largest absolute Gasteiger partial charge is 0.507 e. The number of benzene rings is 1. The maximum absolute atomic E-state index is 13.0. The molecule has 0 heterocycles. The molecule has 1 aromatic carbocycles. The number of halogens is 1. The van der Waals surface area contributed by atoms with Gasteiger partial charge in [0.15, 0.2) is 5.78 Å². The number of hydrogen-bond acceptors (Lipinski definition) is 3. The number of hydrogen-bond donors (Lipinski definition) is 1. The standard InChI is InChI=1S/C11H11FO3/c1-6(13)3-8-4-9(12)5-10(7(2)14)11(8)15/h4-5,15H,3H2,1-2H3. The van der Waals surface area contributed by atoms with Gasteiger partial charge in [-0.3, -0.25) is 9.59 Å². The van der Waals surface area contributed by atoms with Gasteiger partial charge in [-0.1, -0.05) is 0 Å². The zero-order valence-electron chi connectivity index (χ0n) is 8.50. The molecule has 15 heavy (non-hydrogen) atoms. The Bertz CT molecular complexity index is 424. The summed E-state index contributed by atoms with van der Waals surface area (Å²) < 4.78 is 13.0. The Kier molecular flexibility index (Phi) is 3.19. The number of carbonyl (C=O) groups excluding carboxylic acids is 2. The molecule has 1 N–H and O–H groups in total. The van der Waals surface area contributed by atoms with Crippen LogP contribution in [0.3, 0.4) is 0 Å². The van der Waals surface area contributed by atoms with Gasteiger partial charge in [0.25, 0.3) is 0 Å². The molecule has 0 unspecified atom stereocenters. The van der Waals surface area contributed by atoms with Gasteiger partial charge in [-0.05, 0) is 26.0 Å². The number of phenols is 1. The van der Waals surface area contributed by atoms with Gasteiger partial charge in [0, 0.05) is 12.0 Å². The number of aromatic hydroxyl groups is 1. The van der Waals surface area contributed by atoms with Crippen LogP contribution < -0.4 is 0 Å². The molecule has 0 spiro atoms. The van der Waals surface area contributed by atoms with Crippen molar-refractivity contribution in [2.24, 2.45) is 0 Å². The van der Waals surface area contributed by atoms with Crippen LogP contribution in [0.25, 0.3) is 0 Å². The van der Waals surface area contributed by atoms with Crippen molar-refractivity contribution in [1.29, 1.82) is 0 Å². The third-order valence-corrected chi connectivity index (χ3v) is 1.97. The van der Waals surface area contributed by atoms with Crippen molar-refractivity contribution >= 4 is 11.6 Å². The minimum atomic E-state index is -0.630. The molecule has 3 nitrogen and oxygen atoms in total. The highest BCUT2D eigenvalue weighted by atomic mass is 19.1. The molecular weight excluding hydrogens is 199 g/mol. The second kappa shape index (κ2) is 4.21. The number of ketones is 2. The van der Waals surface area contributed by atoms with Crippen LogP contribution in [0.5, 0.6) is 5.75 Å².